The smallest absolute Gasteiger partial charge is 0.335 e. The van der Waals surface area contributed by atoms with Crippen LogP contribution in [0.3, 0.4) is 0 Å². The monoisotopic (exact) mass is 275 g/mol. The Morgan fingerprint density at radius 2 is 1.89 bits per heavy atom. The number of anilines is 1. The van der Waals surface area contributed by atoms with Crippen LogP contribution in [-0.4, -0.2) is 17.0 Å². The normalized spacial score (nSPS) is 10.2. The Morgan fingerprint density at radius 3 is 2.42 bits per heavy atom. The molecule has 0 radical (unpaired) electrons. The highest BCUT2D eigenvalue weighted by Gasteiger charge is 2.12. The van der Waals surface area contributed by atoms with Crippen LogP contribution in [0.25, 0.3) is 0 Å². The van der Waals surface area contributed by atoms with Gasteiger partial charge < -0.3 is 10.4 Å². The molecule has 98 valence electrons. The second-order valence-corrected chi connectivity index (χ2v) is 5.14. The molecule has 1 aromatic carbocycles. The third-order valence-corrected chi connectivity index (χ3v) is 3.80. The predicted octanol–water partition coefficient (Wildman–Crippen LogP) is 3.32. The Labute approximate surface area is 114 Å². The van der Waals surface area contributed by atoms with Gasteiger partial charge in [-0.25, -0.2) is 4.79 Å². The molecule has 1 heterocycles. The number of carboxylic acid groups (broad SMARTS) is 1. The van der Waals surface area contributed by atoms with E-state index in [0.717, 1.165) is 5.56 Å². The van der Waals surface area contributed by atoms with E-state index in [4.69, 9.17) is 5.11 Å². The highest BCUT2D eigenvalue weighted by atomic mass is 32.1. The third-order valence-electron chi connectivity index (χ3n) is 2.78. The molecule has 4 nitrogen and oxygen atoms in total. The SMILES string of the molecule is Cc1cc(NC(=O)c2sccc2C)ccc1C(=O)O. The molecule has 0 aliphatic carbocycles. The van der Waals surface area contributed by atoms with E-state index in [1.807, 2.05) is 18.4 Å². The lowest BCUT2D eigenvalue weighted by molar-refractivity contribution is 0.0696. The van der Waals surface area contributed by atoms with Crippen LogP contribution in [0.15, 0.2) is 29.6 Å². The van der Waals surface area contributed by atoms with Crippen LogP contribution in [-0.2, 0) is 0 Å². The molecule has 2 aromatic rings. The van der Waals surface area contributed by atoms with Crippen molar-refractivity contribution >= 4 is 28.9 Å². The van der Waals surface area contributed by atoms with Crippen molar-refractivity contribution in [1.29, 1.82) is 0 Å². The average molecular weight is 275 g/mol. The van der Waals surface area contributed by atoms with Crippen LogP contribution in [0, 0.1) is 13.8 Å². The summed E-state index contributed by atoms with van der Waals surface area (Å²) in [6.45, 7) is 3.58. The van der Waals surface area contributed by atoms with Crippen molar-refractivity contribution in [2.75, 3.05) is 5.32 Å². The summed E-state index contributed by atoms with van der Waals surface area (Å²) >= 11 is 1.38. The number of carboxylic acids is 1. The molecule has 0 aliphatic heterocycles. The number of hydrogen-bond acceptors (Lipinski definition) is 3. The molecular formula is C14H13NO3S. The summed E-state index contributed by atoms with van der Waals surface area (Å²) in [6, 6.07) is 6.63. The highest BCUT2D eigenvalue weighted by Crippen LogP contribution is 2.19. The Balaban J connectivity index is 2.21. The molecule has 5 heteroatoms. The first kappa shape index (κ1) is 13.3. The summed E-state index contributed by atoms with van der Waals surface area (Å²) in [7, 11) is 0. The fourth-order valence-electron chi connectivity index (χ4n) is 1.77. The lowest BCUT2D eigenvalue weighted by Crippen LogP contribution is -2.12. The number of nitrogens with one attached hydrogen (secondary N) is 1. The minimum Gasteiger partial charge on any atom is -0.478 e. The molecule has 0 saturated carbocycles. The van der Waals surface area contributed by atoms with E-state index in [1.165, 1.54) is 17.4 Å². The van der Waals surface area contributed by atoms with Gasteiger partial charge in [-0.15, -0.1) is 11.3 Å². The molecule has 0 spiro atoms. The van der Waals surface area contributed by atoms with Gasteiger partial charge in [0, 0.05) is 5.69 Å². The molecule has 0 fully saturated rings. The van der Waals surface area contributed by atoms with Crippen LogP contribution in [0.1, 0.15) is 31.2 Å². The quantitative estimate of drug-likeness (QED) is 0.903. The van der Waals surface area contributed by atoms with Gasteiger partial charge in [0.15, 0.2) is 0 Å². The van der Waals surface area contributed by atoms with Gasteiger partial charge in [0.1, 0.15) is 0 Å². The summed E-state index contributed by atoms with van der Waals surface area (Å²) in [5.74, 6) is -1.14. The van der Waals surface area contributed by atoms with E-state index >= 15 is 0 Å². The van der Waals surface area contributed by atoms with Gasteiger partial charge in [-0.05, 0) is 54.6 Å². The van der Waals surface area contributed by atoms with Gasteiger partial charge in [-0.2, -0.15) is 0 Å². The Hall–Kier alpha value is -2.14. The standard InChI is InChI=1S/C14H13NO3S/c1-8-5-6-19-12(8)13(16)15-10-3-4-11(14(17)18)9(2)7-10/h3-7H,1-2H3,(H,15,16)(H,17,18). The van der Waals surface area contributed by atoms with Crippen LogP contribution >= 0.6 is 11.3 Å². The van der Waals surface area contributed by atoms with Crippen LogP contribution in [0.4, 0.5) is 5.69 Å². The third kappa shape index (κ3) is 2.82. The van der Waals surface area contributed by atoms with Crippen molar-refractivity contribution < 1.29 is 14.7 Å². The van der Waals surface area contributed by atoms with Gasteiger partial charge in [0.25, 0.3) is 5.91 Å². The van der Waals surface area contributed by atoms with Gasteiger partial charge in [0.2, 0.25) is 0 Å². The molecule has 0 atom stereocenters. The largest absolute Gasteiger partial charge is 0.478 e. The highest BCUT2D eigenvalue weighted by molar-refractivity contribution is 7.12. The van der Waals surface area contributed by atoms with Crippen molar-refractivity contribution in [3.8, 4) is 0 Å². The fourth-order valence-corrected chi connectivity index (χ4v) is 2.59. The van der Waals surface area contributed by atoms with E-state index in [9.17, 15) is 9.59 Å². The predicted molar refractivity (Wildman–Crippen MR) is 75.1 cm³/mol. The maximum absolute atomic E-state index is 12.0. The molecule has 0 unspecified atom stereocenters. The maximum atomic E-state index is 12.0. The lowest BCUT2D eigenvalue weighted by Gasteiger charge is -2.07. The summed E-state index contributed by atoms with van der Waals surface area (Å²) in [5.41, 5.74) is 2.39. The van der Waals surface area contributed by atoms with E-state index in [2.05, 4.69) is 5.32 Å². The van der Waals surface area contributed by atoms with Crippen molar-refractivity contribution in [1.82, 2.24) is 0 Å². The number of amides is 1. The number of thiophene rings is 1. The van der Waals surface area contributed by atoms with Crippen LogP contribution < -0.4 is 5.32 Å². The number of benzene rings is 1. The number of hydrogen-bond donors (Lipinski definition) is 2. The maximum Gasteiger partial charge on any atom is 0.335 e. The van der Waals surface area contributed by atoms with E-state index in [1.54, 1.807) is 19.1 Å². The summed E-state index contributed by atoms with van der Waals surface area (Å²) in [4.78, 5) is 23.6. The Kier molecular flexibility index (Phi) is 3.66. The van der Waals surface area contributed by atoms with Gasteiger partial charge in [0.05, 0.1) is 10.4 Å². The minimum atomic E-state index is -0.968. The van der Waals surface area contributed by atoms with Crippen LogP contribution in [0.2, 0.25) is 0 Å². The molecule has 2 N–H and O–H groups in total. The second-order valence-electron chi connectivity index (χ2n) is 4.22. The van der Waals surface area contributed by atoms with Gasteiger partial charge in [-0.3, -0.25) is 4.79 Å². The van der Waals surface area contributed by atoms with E-state index < -0.39 is 5.97 Å². The zero-order valence-corrected chi connectivity index (χ0v) is 11.4. The number of rotatable bonds is 3. The van der Waals surface area contributed by atoms with Crippen LogP contribution in [0.5, 0.6) is 0 Å². The van der Waals surface area contributed by atoms with E-state index in [0.29, 0.717) is 16.1 Å². The number of aromatic carboxylic acids is 1. The zero-order valence-electron chi connectivity index (χ0n) is 10.6. The zero-order chi connectivity index (χ0) is 14.0. The molecule has 0 bridgehead atoms. The summed E-state index contributed by atoms with van der Waals surface area (Å²) in [6.07, 6.45) is 0. The number of carbonyl (C=O) groups is 2. The molecular weight excluding hydrogens is 262 g/mol. The lowest BCUT2D eigenvalue weighted by atomic mass is 10.1. The first-order chi connectivity index (χ1) is 8.99. The first-order valence-corrected chi connectivity index (χ1v) is 6.56. The topological polar surface area (TPSA) is 66.4 Å². The van der Waals surface area contributed by atoms with Gasteiger partial charge in [-0.1, -0.05) is 0 Å². The first-order valence-electron chi connectivity index (χ1n) is 5.68. The molecule has 19 heavy (non-hydrogen) atoms. The second kappa shape index (κ2) is 5.24. The average Bonchev–Trinajstić information content (AvgIpc) is 2.75. The van der Waals surface area contributed by atoms with E-state index in [-0.39, 0.29) is 11.5 Å². The van der Waals surface area contributed by atoms with Crippen molar-refractivity contribution in [3.05, 3.63) is 51.2 Å². The molecule has 2 rings (SSSR count). The van der Waals surface area contributed by atoms with Crippen molar-refractivity contribution in [2.24, 2.45) is 0 Å². The molecule has 0 aliphatic rings. The summed E-state index contributed by atoms with van der Waals surface area (Å²) < 4.78 is 0. The molecule has 1 aromatic heterocycles. The minimum absolute atomic E-state index is 0.171. The Bertz CT molecular complexity index is 646. The van der Waals surface area contributed by atoms with Gasteiger partial charge >= 0.3 is 5.97 Å². The van der Waals surface area contributed by atoms with Crippen molar-refractivity contribution in [3.63, 3.8) is 0 Å². The van der Waals surface area contributed by atoms with Crippen molar-refractivity contribution in [2.45, 2.75) is 13.8 Å². The number of carbonyl (C=O) groups excluding carboxylic acids is 1. The molecule has 1 amide bonds. The number of aryl methyl sites for hydroxylation is 2. The summed E-state index contributed by atoms with van der Waals surface area (Å²) in [5, 5.41) is 13.6. The fraction of sp³-hybridized carbons (Fsp3) is 0.143. The molecule has 0 saturated heterocycles. The Morgan fingerprint density at radius 1 is 1.16 bits per heavy atom.